The third-order valence-electron chi connectivity index (χ3n) is 3.27. The van der Waals surface area contributed by atoms with Crippen LogP contribution in [0.5, 0.6) is 0 Å². The maximum Gasteiger partial charge on any atom is 0.297 e. The number of likely N-dealkylation sites (tertiary alicyclic amines) is 1. The molecule has 2 heterocycles. The first-order valence-corrected chi connectivity index (χ1v) is 6.77. The van der Waals surface area contributed by atoms with Gasteiger partial charge in [-0.2, -0.15) is 0 Å². The molecule has 0 aromatic heterocycles. The smallest absolute Gasteiger partial charge is 0.297 e. The minimum atomic E-state index is -0.139. The number of likely N-dealkylation sites (N-methyl/N-ethyl adjacent to an activating group) is 1. The summed E-state index contributed by atoms with van der Waals surface area (Å²) in [5.41, 5.74) is 1.27. The predicted molar refractivity (Wildman–Crippen MR) is 73.7 cm³/mol. The van der Waals surface area contributed by atoms with Crippen LogP contribution >= 0.6 is 12.2 Å². The van der Waals surface area contributed by atoms with Crippen molar-refractivity contribution in [3.63, 3.8) is 0 Å². The zero-order chi connectivity index (χ0) is 13.1. The van der Waals surface area contributed by atoms with Gasteiger partial charge < -0.3 is 9.64 Å². The summed E-state index contributed by atoms with van der Waals surface area (Å²) in [5.74, 6) is 0.192. The van der Waals surface area contributed by atoms with Crippen LogP contribution in [-0.2, 0) is 9.53 Å². The second-order valence-corrected chi connectivity index (χ2v) is 4.64. The molecule has 4 nitrogen and oxygen atoms in total. The van der Waals surface area contributed by atoms with Crippen molar-refractivity contribution in [1.29, 1.82) is 0 Å². The van der Waals surface area contributed by atoms with Crippen molar-refractivity contribution in [2.45, 2.75) is 26.7 Å². The fourth-order valence-electron chi connectivity index (χ4n) is 2.26. The quantitative estimate of drug-likeness (QED) is 0.578. The summed E-state index contributed by atoms with van der Waals surface area (Å²) in [4.78, 5) is 15.7. The second kappa shape index (κ2) is 5.52. The Labute approximate surface area is 113 Å². The maximum atomic E-state index is 11.9. The molecule has 0 aliphatic carbocycles. The molecule has 2 aliphatic heterocycles. The number of thiocarbonyl (C=S) groups is 1. The van der Waals surface area contributed by atoms with E-state index in [1.807, 2.05) is 13.0 Å². The lowest BCUT2D eigenvalue weighted by Gasteiger charge is -2.16. The van der Waals surface area contributed by atoms with Crippen molar-refractivity contribution in [3.8, 4) is 0 Å². The van der Waals surface area contributed by atoms with Gasteiger partial charge in [0.25, 0.3) is 11.1 Å². The molecule has 2 rings (SSSR count). The third kappa shape index (κ3) is 2.41. The third-order valence-corrected chi connectivity index (χ3v) is 3.57. The van der Waals surface area contributed by atoms with Crippen LogP contribution in [0.4, 0.5) is 0 Å². The fourth-order valence-corrected chi connectivity index (χ4v) is 2.56. The summed E-state index contributed by atoms with van der Waals surface area (Å²) in [6.07, 6.45) is 5.96. The van der Waals surface area contributed by atoms with Gasteiger partial charge in [-0.1, -0.05) is 0 Å². The fraction of sp³-hybridized carbons (Fsp3) is 0.538. The minimum absolute atomic E-state index is 0.139. The zero-order valence-electron chi connectivity index (χ0n) is 10.8. The Morgan fingerprint density at radius 3 is 2.72 bits per heavy atom. The molecule has 0 atom stereocenters. The number of hydrogen-bond acceptors (Lipinski definition) is 4. The first kappa shape index (κ1) is 13.1. The Balaban J connectivity index is 2.13. The van der Waals surface area contributed by atoms with Gasteiger partial charge in [0.1, 0.15) is 0 Å². The van der Waals surface area contributed by atoms with E-state index in [-0.39, 0.29) is 11.1 Å². The average molecular weight is 266 g/mol. The maximum absolute atomic E-state index is 11.9. The van der Waals surface area contributed by atoms with E-state index >= 15 is 0 Å². The van der Waals surface area contributed by atoms with Crippen molar-refractivity contribution in [1.82, 2.24) is 9.80 Å². The van der Waals surface area contributed by atoms with Crippen LogP contribution in [0.2, 0.25) is 0 Å². The summed E-state index contributed by atoms with van der Waals surface area (Å²) >= 11 is 5.00. The summed E-state index contributed by atoms with van der Waals surface area (Å²) in [7, 11) is 0. The first-order valence-electron chi connectivity index (χ1n) is 6.36. The molecule has 0 saturated carbocycles. The normalized spacial score (nSPS) is 24.6. The summed E-state index contributed by atoms with van der Waals surface area (Å²) in [6.45, 7) is 6.66. The summed E-state index contributed by atoms with van der Waals surface area (Å²) in [6, 6.07) is 0. The highest BCUT2D eigenvalue weighted by atomic mass is 32.1. The van der Waals surface area contributed by atoms with E-state index in [4.69, 9.17) is 17.0 Å². The standard InChI is InChI=1S/C13H18N2O2S/c1-3-14-9-5-6-10(14)7-8-11-12(16)15(4-2)13(18)17-11/h7-8H,3-6,9H2,1-2H3. The lowest BCUT2D eigenvalue weighted by atomic mass is 10.2. The van der Waals surface area contributed by atoms with Gasteiger partial charge >= 0.3 is 0 Å². The van der Waals surface area contributed by atoms with Crippen molar-refractivity contribution in [3.05, 3.63) is 23.6 Å². The van der Waals surface area contributed by atoms with Gasteiger partial charge in [-0.3, -0.25) is 9.69 Å². The van der Waals surface area contributed by atoms with E-state index < -0.39 is 0 Å². The number of allylic oxidation sites excluding steroid dienone is 3. The predicted octanol–water partition coefficient (Wildman–Crippen LogP) is 2.03. The number of hydrogen-bond donors (Lipinski definition) is 0. The van der Waals surface area contributed by atoms with Crippen LogP contribution in [0, 0.1) is 0 Å². The average Bonchev–Trinajstić information content (AvgIpc) is 2.91. The van der Waals surface area contributed by atoms with Crippen LogP contribution in [0.25, 0.3) is 0 Å². The highest BCUT2D eigenvalue weighted by Crippen LogP contribution is 2.22. The van der Waals surface area contributed by atoms with E-state index in [1.54, 1.807) is 6.08 Å². The number of rotatable bonds is 3. The van der Waals surface area contributed by atoms with E-state index in [0.717, 1.165) is 19.5 Å². The lowest BCUT2D eigenvalue weighted by Crippen LogP contribution is -2.27. The first-order chi connectivity index (χ1) is 8.67. The van der Waals surface area contributed by atoms with Gasteiger partial charge in [0.15, 0.2) is 5.76 Å². The molecule has 0 bridgehead atoms. The van der Waals surface area contributed by atoms with Gasteiger partial charge in [-0.25, -0.2) is 0 Å². The molecule has 2 aliphatic rings. The number of carbonyl (C=O) groups excluding carboxylic acids is 1. The Hall–Kier alpha value is -1.36. The molecule has 0 aromatic carbocycles. The Morgan fingerprint density at radius 1 is 1.33 bits per heavy atom. The Morgan fingerprint density at radius 2 is 2.11 bits per heavy atom. The Kier molecular flexibility index (Phi) is 4.01. The van der Waals surface area contributed by atoms with Crippen LogP contribution in [0.3, 0.4) is 0 Å². The largest absolute Gasteiger partial charge is 0.426 e. The van der Waals surface area contributed by atoms with Crippen LogP contribution in [0.15, 0.2) is 23.6 Å². The molecule has 1 amide bonds. The van der Waals surface area contributed by atoms with E-state index in [9.17, 15) is 4.79 Å². The molecule has 98 valence electrons. The molecule has 18 heavy (non-hydrogen) atoms. The van der Waals surface area contributed by atoms with Gasteiger partial charge in [0, 0.05) is 25.3 Å². The molecule has 0 aromatic rings. The van der Waals surface area contributed by atoms with Crippen LogP contribution in [0.1, 0.15) is 26.7 Å². The van der Waals surface area contributed by atoms with E-state index in [2.05, 4.69) is 11.8 Å². The SMILES string of the molecule is CCN1CCCC1=CC=C1OC(=S)N(CC)C1=O. The highest BCUT2D eigenvalue weighted by Gasteiger charge is 2.31. The highest BCUT2D eigenvalue weighted by molar-refractivity contribution is 7.80. The van der Waals surface area contributed by atoms with Gasteiger partial charge in [0.2, 0.25) is 0 Å². The van der Waals surface area contributed by atoms with Gasteiger partial charge in [0.05, 0.1) is 0 Å². The number of ether oxygens (including phenoxy) is 1. The summed E-state index contributed by atoms with van der Waals surface area (Å²) < 4.78 is 5.31. The van der Waals surface area contributed by atoms with Crippen LogP contribution < -0.4 is 0 Å². The lowest BCUT2D eigenvalue weighted by molar-refractivity contribution is -0.122. The molecule has 0 N–H and O–H groups in total. The molecule has 5 heteroatoms. The Bertz CT molecular complexity index is 429. The van der Waals surface area contributed by atoms with Crippen molar-refractivity contribution in [2.24, 2.45) is 0 Å². The molecule has 0 unspecified atom stereocenters. The van der Waals surface area contributed by atoms with E-state index in [0.29, 0.717) is 12.3 Å². The molecule has 2 fully saturated rings. The summed E-state index contributed by atoms with van der Waals surface area (Å²) in [5, 5.41) is 0.255. The van der Waals surface area contributed by atoms with Crippen molar-refractivity contribution < 1.29 is 9.53 Å². The molecule has 0 radical (unpaired) electrons. The molecule has 2 saturated heterocycles. The molecule has 0 spiro atoms. The molecular formula is C13H18N2O2S. The minimum Gasteiger partial charge on any atom is -0.426 e. The number of carbonyl (C=O) groups is 1. The topological polar surface area (TPSA) is 32.8 Å². The van der Waals surface area contributed by atoms with Crippen molar-refractivity contribution >= 4 is 23.3 Å². The van der Waals surface area contributed by atoms with Gasteiger partial charge in [-0.05, 0) is 51.1 Å². The number of amides is 1. The van der Waals surface area contributed by atoms with Crippen molar-refractivity contribution in [2.75, 3.05) is 19.6 Å². The number of nitrogens with zero attached hydrogens (tertiary/aromatic N) is 2. The van der Waals surface area contributed by atoms with E-state index in [1.165, 1.54) is 17.0 Å². The van der Waals surface area contributed by atoms with Gasteiger partial charge in [-0.15, -0.1) is 0 Å². The second-order valence-electron chi connectivity index (χ2n) is 4.29. The van der Waals surface area contributed by atoms with Crippen LogP contribution in [-0.4, -0.2) is 40.5 Å². The zero-order valence-corrected chi connectivity index (χ0v) is 11.6. The monoisotopic (exact) mass is 266 g/mol. The molecular weight excluding hydrogens is 248 g/mol.